The van der Waals surface area contributed by atoms with E-state index in [1.165, 1.54) is 19.3 Å². The number of fused-ring (bicyclic) bond motifs is 1. The molecule has 0 amide bonds. The SMILES string of the molecule is CCCNc1cn2ccnc2c(N2CCCCC2)n1. The average Bonchev–Trinajstić information content (AvgIpc) is 2.93. The van der Waals surface area contributed by atoms with Crippen molar-refractivity contribution >= 4 is 17.3 Å². The van der Waals surface area contributed by atoms with E-state index in [0.717, 1.165) is 43.3 Å². The molecule has 0 atom stereocenters. The first kappa shape index (κ1) is 12.3. The summed E-state index contributed by atoms with van der Waals surface area (Å²) in [6.45, 7) is 5.29. The first-order valence-electron chi connectivity index (χ1n) is 7.21. The molecule has 2 aromatic heterocycles. The van der Waals surface area contributed by atoms with Crippen molar-refractivity contribution in [1.29, 1.82) is 0 Å². The summed E-state index contributed by atoms with van der Waals surface area (Å²) in [5.41, 5.74) is 0.962. The van der Waals surface area contributed by atoms with Gasteiger partial charge in [0.1, 0.15) is 5.82 Å². The number of nitrogens with one attached hydrogen (secondary N) is 1. The minimum absolute atomic E-state index is 0.938. The van der Waals surface area contributed by atoms with Gasteiger partial charge in [-0.15, -0.1) is 0 Å². The lowest BCUT2D eigenvalue weighted by atomic mass is 10.1. The molecule has 0 unspecified atom stereocenters. The lowest BCUT2D eigenvalue weighted by Crippen LogP contribution is -2.31. The molecule has 19 heavy (non-hydrogen) atoms. The Morgan fingerprint density at radius 3 is 2.89 bits per heavy atom. The van der Waals surface area contributed by atoms with E-state index < -0.39 is 0 Å². The monoisotopic (exact) mass is 259 g/mol. The molecule has 1 aliphatic rings. The highest BCUT2D eigenvalue weighted by Gasteiger charge is 2.17. The quantitative estimate of drug-likeness (QED) is 0.916. The standard InChI is InChI=1S/C14H21N5/c1-2-6-15-12-11-19-10-7-16-13(19)14(17-12)18-8-4-3-5-9-18/h7,10-11,15H,2-6,8-9H2,1H3. The van der Waals surface area contributed by atoms with Crippen LogP contribution >= 0.6 is 0 Å². The predicted octanol–water partition coefficient (Wildman–Crippen LogP) is 2.54. The predicted molar refractivity (Wildman–Crippen MR) is 77.8 cm³/mol. The van der Waals surface area contributed by atoms with Gasteiger partial charge in [-0.25, -0.2) is 9.97 Å². The second-order valence-corrected chi connectivity index (χ2v) is 5.08. The molecular weight excluding hydrogens is 238 g/mol. The first-order chi connectivity index (χ1) is 9.38. The van der Waals surface area contributed by atoms with Crippen LogP contribution < -0.4 is 10.2 Å². The van der Waals surface area contributed by atoms with Crippen molar-refractivity contribution in [2.24, 2.45) is 0 Å². The molecule has 3 rings (SSSR count). The largest absolute Gasteiger partial charge is 0.369 e. The van der Waals surface area contributed by atoms with Crippen molar-refractivity contribution in [3.05, 3.63) is 18.6 Å². The molecule has 0 bridgehead atoms. The topological polar surface area (TPSA) is 45.5 Å². The minimum atomic E-state index is 0.938. The molecule has 0 spiro atoms. The van der Waals surface area contributed by atoms with Crippen molar-refractivity contribution in [1.82, 2.24) is 14.4 Å². The summed E-state index contributed by atoms with van der Waals surface area (Å²) >= 11 is 0. The fraction of sp³-hybridized carbons (Fsp3) is 0.571. The van der Waals surface area contributed by atoms with Gasteiger partial charge in [-0.1, -0.05) is 6.92 Å². The van der Waals surface area contributed by atoms with Gasteiger partial charge in [0.25, 0.3) is 0 Å². The van der Waals surface area contributed by atoms with Gasteiger partial charge in [0.2, 0.25) is 0 Å². The lowest BCUT2D eigenvalue weighted by Gasteiger charge is -2.28. The molecule has 1 aliphatic heterocycles. The Kier molecular flexibility index (Phi) is 3.53. The second-order valence-electron chi connectivity index (χ2n) is 5.08. The van der Waals surface area contributed by atoms with E-state index in [9.17, 15) is 0 Å². The normalized spacial score (nSPS) is 15.9. The fourth-order valence-electron chi connectivity index (χ4n) is 2.57. The number of aromatic nitrogens is 3. The van der Waals surface area contributed by atoms with Crippen LogP contribution in [0.25, 0.3) is 5.65 Å². The Morgan fingerprint density at radius 1 is 1.26 bits per heavy atom. The van der Waals surface area contributed by atoms with Gasteiger partial charge in [-0.3, -0.25) is 0 Å². The number of hydrogen-bond acceptors (Lipinski definition) is 4. The summed E-state index contributed by atoms with van der Waals surface area (Å²) in [5, 5.41) is 3.37. The molecular formula is C14H21N5. The third-order valence-electron chi connectivity index (χ3n) is 3.57. The van der Waals surface area contributed by atoms with Crippen LogP contribution in [0.15, 0.2) is 18.6 Å². The van der Waals surface area contributed by atoms with Crippen LogP contribution in [-0.2, 0) is 0 Å². The third-order valence-corrected chi connectivity index (χ3v) is 3.57. The molecule has 1 fully saturated rings. The van der Waals surface area contributed by atoms with Crippen LogP contribution in [0, 0.1) is 0 Å². The van der Waals surface area contributed by atoms with Gasteiger partial charge in [-0.2, -0.15) is 0 Å². The van der Waals surface area contributed by atoms with Crippen molar-refractivity contribution in [3.63, 3.8) is 0 Å². The van der Waals surface area contributed by atoms with Crippen molar-refractivity contribution in [3.8, 4) is 0 Å². The number of anilines is 2. The molecule has 0 radical (unpaired) electrons. The second kappa shape index (κ2) is 5.47. The number of piperidine rings is 1. The van der Waals surface area contributed by atoms with Gasteiger partial charge in [0, 0.05) is 32.0 Å². The Balaban J connectivity index is 1.97. The van der Waals surface area contributed by atoms with Gasteiger partial charge in [-0.05, 0) is 25.7 Å². The van der Waals surface area contributed by atoms with E-state index in [1.54, 1.807) is 0 Å². The maximum Gasteiger partial charge on any atom is 0.180 e. The summed E-state index contributed by atoms with van der Waals surface area (Å²) in [4.78, 5) is 11.6. The van der Waals surface area contributed by atoms with Crippen LogP contribution in [-0.4, -0.2) is 34.0 Å². The molecule has 0 saturated carbocycles. The Morgan fingerprint density at radius 2 is 2.11 bits per heavy atom. The summed E-state index contributed by atoms with van der Waals surface area (Å²) in [7, 11) is 0. The summed E-state index contributed by atoms with van der Waals surface area (Å²) in [6, 6.07) is 0. The fourth-order valence-corrected chi connectivity index (χ4v) is 2.57. The van der Waals surface area contributed by atoms with E-state index in [-0.39, 0.29) is 0 Å². The zero-order chi connectivity index (χ0) is 13.1. The maximum atomic E-state index is 4.77. The minimum Gasteiger partial charge on any atom is -0.369 e. The lowest BCUT2D eigenvalue weighted by molar-refractivity contribution is 0.574. The maximum absolute atomic E-state index is 4.77. The highest BCUT2D eigenvalue weighted by atomic mass is 15.2. The number of nitrogens with zero attached hydrogens (tertiary/aromatic N) is 4. The van der Waals surface area contributed by atoms with Crippen LogP contribution in [0.5, 0.6) is 0 Å². The summed E-state index contributed by atoms with van der Waals surface area (Å²) < 4.78 is 2.06. The van der Waals surface area contributed by atoms with Gasteiger partial charge in [0.15, 0.2) is 11.5 Å². The van der Waals surface area contributed by atoms with Crippen LogP contribution in [0.2, 0.25) is 0 Å². The van der Waals surface area contributed by atoms with Crippen molar-refractivity contribution < 1.29 is 0 Å². The molecule has 0 aliphatic carbocycles. The number of rotatable bonds is 4. The van der Waals surface area contributed by atoms with Crippen LogP contribution in [0.1, 0.15) is 32.6 Å². The molecule has 1 saturated heterocycles. The smallest absolute Gasteiger partial charge is 0.180 e. The van der Waals surface area contributed by atoms with Gasteiger partial charge in [0.05, 0.1) is 6.20 Å². The molecule has 102 valence electrons. The van der Waals surface area contributed by atoms with E-state index in [4.69, 9.17) is 4.98 Å². The van der Waals surface area contributed by atoms with E-state index in [2.05, 4.69) is 26.5 Å². The van der Waals surface area contributed by atoms with Crippen molar-refractivity contribution in [2.45, 2.75) is 32.6 Å². The van der Waals surface area contributed by atoms with Crippen LogP contribution in [0.3, 0.4) is 0 Å². The highest BCUT2D eigenvalue weighted by Crippen LogP contribution is 2.23. The zero-order valence-electron chi connectivity index (χ0n) is 11.5. The Bertz CT molecular complexity index is 542. The Hall–Kier alpha value is -1.78. The molecule has 3 heterocycles. The van der Waals surface area contributed by atoms with E-state index in [1.807, 2.05) is 18.6 Å². The van der Waals surface area contributed by atoms with Gasteiger partial charge >= 0.3 is 0 Å². The van der Waals surface area contributed by atoms with E-state index in [0.29, 0.717) is 0 Å². The van der Waals surface area contributed by atoms with Gasteiger partial charge < -0.3 is 14.6 Å². The molecule has 2 aromatic rings. The summed E-state index contributed by atoms with van der Waals surface area (Å²) in [5.74, 6) is 1.96. The number of hydrogen-bond donors (Lipinski definition) is 1. The molecule has 1 N–H and O–H groups in total. The molecule has 5 nitrogen and oxygen atoms in total. The van der Waals surface area contributed by atoms with Crippen LogP contribution in [0.4, 0.5) is 11.6 Å². The van der Waals surface area contributed by atoms with Crippen molar-refractivity contribution in [2.75, 3.05) is 29.9 Å². The highest BCUT2D eigenvalue weighted by molar-refractivity contribution is 5.67. The van der Waals surface area contributed by atoms with E-state index >= 15 is 0 Å². The molecule has 0 aromatic carbocycles. The zero-order valence-corrected chi connectivity index (χ0v) is 11.5. The first-order valence-corrected chi connectivity index (χ1v) is 7.21. The molecule has 5 heteroatoms. The average molecular weight is 259 g/mol. The Labute approximate surface area is 113 Å². The third kappa shape index (κ3) is 2.50. The number of imidazole rings is 1. The summed E-state index contributed by atoms with van der Waals surface area (Å²) in [6.07, 6.45) is 10.8.